The molecule has 0 spiro atoms. The van der Waals surface area contributed by atoms with Crippen LogP contribution >= 0.6 is 11.6 Å². The third kappa shape index (κ3) is 8.22. The molecule has 12 heteroatoms. The van der Waals surface area contributed by atoms with Gasteiger partial charge in [0.05, 0.1) is 16.9 Å². The van der Waals surface area contributed by atoms with Gasteiger partial charge in [0.15, 0.2) is 0 Å². The number of carbonyl (C=O) groups is 2. The predicted octanol–water partition coefficient (Wildman–Crippen LogP) is 3.35. The van der Waals surface area contributed by atoms with E-state index in [1.807, 2.05) is 0 Å². The van der Waals surface area contributed by atoms with Gasteiger partial charge in [0.25, 0.3) is 5.69 Å². The van der Waals surface area contributed by atoms with Crippen molar-refractivity contribution in [2.45, 2.75) is 45.8 Å². The first-order chi connectivity index (χ1) is 16.1. The van der Waals surface area contributed by atoms with E-state index in [0.717, 1.165) is 16.6 Å². The van der Waals surface area contributed by atoms with Gasteiger partial charge in [-0.1, -0.05) is 29.8 Å². The molecule has 0 heterocycles. The number of hydrogen-bond acceptors (Lipinski definition) is 6. The Morgan fingerprint density at radius 3 is 2.31 bits per heavy atom. The van der Waals surface area contributed by atoms with Crippen LogP contribution in [-0.4, -0.2) is 54.4 Å². The molecule has 1 N–H and O–H groups in total. The lowest BCUT2D eigenvalue weighted by atomic mass is 10.1. The summed E-state index contributed by atoms with van der Waals surface area (Å²) in [5, 5.41) is 14.4. The highest BCUT2D eigenvalue weighted by Gasteiger charge is 2.31. The Morgan fingerprint density at radius 1 is 1.14 bits per heavy atom. The lowest BCUT2D eigenvalue weighted by molar-refractivity contribution is -0.384. The summed E-state index contributed by atoms with van der Waals surface area (Å²) in [5.74, 6) is -1.09. The molecule has 0 fully saturated rings. The molecule has 0 aliphatic rings. The van der Waals surface area contributed by atoms with Crippen molar-refractivity contribution in [1.82, 2.24) is 10.2 Å². The van der Waals surface area contributed by atoms with Crippen molar-refractivity contribution < 1.29 is 22.9 Å². The zero-order valence-electron chi connectivity index (χ0n) is 20.2. The fraction of sp³-hybridized carbons (Fsp3) is 0.391. The molecule has 2 amide bonds. The smallest absolute Gasteiger partial charge is 0.271 e. The molecule has 35 heavy (non-hydrogen) atoms. The SMILES string of the molecule is CC(C(=O)NC(C)(C)C)N(Cc1cccc(Cl)c1)C(=O)CN(c1cccc([N+](=O)[O-])c1)S(C)(=O)=O. The minimum atomic E-state index is -4.00. The zero-order valence-corrected chi connectivity index (χ0v) is 21.8. The van der Waals surface area contributed by atoms with Crippen LogP contribution in [0.25, 0.3) is 0 Å². The number of nitro benzene ring substituents is 1. The van der Waals surface area contributed by atoms with Crippen LogP contribution in [0.3, 0.4) is 0 Å². The van der Waals surface area contributed by atoms with Crippen molar-refractivity contribution in [3.8, 4) is 0 Å². The van der Waals surface area contributed by atoms with Crippen LogP contribution in [0.1, 0.15) is 33.3 Å². The average molecular weight is 525 g/mol. The zero-order chi connectivity index (χ0) is 26.6. The Bertz CT molecular complexity index is 1210. The number of nitrogens with zero attached hydrogens (tertiary/aromatic N) is 3. The van der Waals surface area contributed by atoms with Crippen LogP contribution in [0.5, 0.6) is 0 Å². The highest BCUT2D eigenvalue weighted by Crippen LogP contribution is 2.24. The second-order valence-corrected chi connectivity index (χ2v) is 11.5. The molecule has 0 aromatic heterocycles. The van der Waals surface area contributed by atoms with Gasteiger partial charge in [0.1, 0.15) is 12.6 Å². The van der Waals surface area contributed by atoms with E-state index in [2.05, 4.69) is 5.32 Å². The van der Waals surface area contributed by atoms with Gasteiger partial charge in [0.2, 0.25) is 21.8 Å². The maximum atomic E-state index is 13.5. The van der Waals surface area contributed by atoms with E-state index in [0.29, 0.717) is 10.6 Å². The van der Waals surface area contributed by atoms with Crippen molar-refractivity contribution in [2.24, 2.45) is 0 Å². The lowest BCUT2D eigenvalue weighted by Gasteiger charge is -2.33. The van der Waals surface area contributed by atoms with E-state index in [4.69, 9.17) is 11.6 Å². The van der Waals surface area contributed by atoms with Gasteiger partial charge in [-0.2, -0.15) is 0 Å². The van der Waals surface area contributed by atoms with E-state index in [9.17, 15) is 28.1 Å². The van der Waals surface area contributed by atoms with Gasteiger partial charge >= 0.3 is 0 Å². The highest BCUT2D eigenvalue weighted by molar-refractivity contribution is 7.92. The fourth-order valence-corrected chi connectivity index (χ4v) is 4.32. The summed E-state index contributed by atoms with van der Waals surface area (Å²) in [7, 11) is -4.00. The van der Waals surface area contributed by atoms with Crippen molar-refractivity contribution >= 4 is 44.8 Å². The number of hydrogen-bond donors (Lipinski definition) is 1. The van der Waals surface area contributed by atoms with Crippen LogP contribution in [-0.2, 0) is 26.2 Å². The fourth-order valence-electron chi connectivity index (χ4n) is 3.26. The molecule has 0 radical (unpaired) electrons. The number of anilines is 1. The summed E-state index contributed by atoms with van der Waals surface area (Å²) >= 11 is 6.08. The molecule has 0 bridgehead atoms. The number of carbonyl (C=O) groups excluding carboxylic acids is 2. The van der Waals surface area contributed by atoms with Crippen LogP contribution in [0, 0.1) is 10.1 Å². The molecule has 0 aliphatic carbocycles. The second kappa shape index (κ2) is 11.0. The van der Waals surface area contributed by atoms with Gasteiger partial charge in [-0.05, 0) is 51.5 Å². The maximum absolute atomic E-state index is 13.5. The summed E-state index contributed by atoms with van der Waals surface area (Å²) in [4.78, 5) is 38.1. The number of halogens is 1. The first kappa shape index (κ1) is 28.1. The number of nitrogens with one attached hydrogen (secondary N) is 1. The van der Waals surface area contributed by atoms with Crippen LogP contribution in [0.15, 0.2) is 48.5 Å². The van der Waals surface area contributed by atoms with Gasteiger partial charge in [-0.15, -0.1) is 0 Å². The largest absolute Gasteiger partial charge is 0.350 e. The standard InChI is InChI=1S/C23H29ClN4O6S/c1-16(22(30)25-23(2,3)4)26(14-17-8-6-9-18(24)12-17)21(29)15-27(35(5,33)34)19-10-7-11-20(13-19)28(31)32/h6-13,16H,14-15H2,1-5H3,(H,25,30). The molecule has 1 atom stereocenters. The van der Waals surface area contributed by atoms with Gasteiger partial charge in [0, 0.05) is 29.2 Å². The molecule has 1 unspecified atom stereocenters. The normalized spacial score (nSPS) is 12.5. The summed E-state index contributed by atoms with van der Waals surface area (Å²) < 4.78 is 25.9. The van der Waals surface area contributed by atoms with Gasteiger partial charge in [-0.25, -0.2) is 8.42 Å². The maximum Gasteiger partial charge on any atom is 0.271 e. The Labute approximate surface area is 210 Å². The minimum absolute atomic E-state index is 0.00926. The van der Waals surface area contributed by atoms with E-state index in [1.54, 1.807) is 52.0 Å². The quantitative estimate of drug-likeness (QED) is 0.395. The second-order valence-electron chi connectivity index (χ2n) is 9.11. The molecule has 190 valence electrons. The Balaban J connectivity index is 2.45. The Morgan fingerprint density at radius 2 is 1.77 bits per heavy atom. The first-order valence-corrected chi connectivity index (χ1v) is 12.9. The number of rotatable bonds is 9. The topological polar surface area (TPSA) is 130 Å². The van der Waals surface area contributed by atoms with Crippen LogP contribution < -0.4 is 9.62 Å². The Kier molecular flexibility index (Phi) is 8.85. The number of non-ortho nitro benzene ring substituents is 1. The molecular weight excluding hydrogens is 496 g/mol. The number of nitro groups is 1. The predicted molar refractivity (Wildman–Crippen MR) is 135 cm³/mol. The molecule has 0 saturated carbocycles. The third-order valence-electron chi connectivity index (χ3n) is 4.92. The number of amides is 2. The summed E-state index contributed by atoms with van der Waals surface area (Å²) in [6.07, 6.45) is 0.899. The summed E-state index contributed by atoms with van der Waals surface area (Å²) in [6.45, 7) is 6.28. The monoisotopic (exact) mass is 524 g/mol. The van der Waals surface area contributed by atoms with E-state index in [-0.39, 0.29) is 17.9 Å². The minimum Gasteiger partial charge on any atom is -0.350 e. The van der Waals surface area contributed by atoms with Gasteiger partial charge in [-0.3, -0.25) is 24.0 Å². The molecule has 10 nitrogen and oxygen atoms in total. The van der Waals surface area contributed by atoms with Crippen molar-refractivity contribution in [3.63, 3.8) is 0 Å². The van der Waals surface area contributed by atoms with Crippen LogP contribution in [0.4, 0.5) is 11.4 Å². The summed E-state index contributed by atoms with van der Waals surface area (Å²) in [5.41, 5.74) is -0.276. The Hall–Kier alpha value is -3.18. The summed E-state index contributed by atoms with van der Waals surface area (Å²) in [6, 6.07) is 10.8. The van der Waals surface area contributed by atoms with E-state index >= 15 is 0 Å². The van der Waals surface area contributed by atoms with Crippen molar-refractivity contribution in [3.05, 3.63) is 69.2 Å². The number of benzene rings is 2. The third-order valence-corrected chi connectivity index (χ3v) is 6.29. The lowest BCUT2D eigenvalue weighted by Crippen LogP contribution is -2.54. The highest BCUT2D eigenvalue weighted by atomic mass is 35.5. The van der Waals surface area contributed by atoms with Crippen LogP contribution in [0.2, 0.25) is 5.02 Å². The average Bonchev–Trinajstić information content (AvgIpc) is 2.73. The molecule has 2 aromatic carbocycles. The first-order valence-electron chi connectivity index (χ1n) is 10.7. The van der Waals surface area contributed by atoms with Crippen molar-refractivity contribution in [2.75, 3.05) is 17.1 Å². The number of sulfonamides is 1. The molecule has 2 rings (SSSR count). The molecular formula is C23H29ClN4O6S. The van der Waals surface area contributed by atoms with E-state index < -0.39 is 44.9 Å². The van der Waals surface area contributed by atoms with Gasteiger partial charge < -0.3 is 10.2 Å². The molecule has 2 aromatic rings. The van der Waals surface area contributed by atoms with E-state index in [1.165, 1.54) is 23.1 Å². The molecule has 0 saturated heterocycles. The van der Waals surface area contributed by atoms with Crippen molar-refractivity contribution in [1.29, 1.82) is 0 Å². The molecule has 0 aliphatic heterocycles.